The van der Waals surface area contributed by atoms with E-state index in [9.17, 15) is 0 Å². The van der Waals surface area contributed by atoms with E-state index < -0.39 is 0 Å². The largest absolute Gasteiger partial charge is 0.492 e. The monoisotopic (exact) mass is 342 g/mol. The second-order valence-electron chi connectivity index (χ2n) is 5.96. The van der Waals surface area contributed by atoms with Gasteiger partial charge in [0.1, 0.15) is 12.4 Å². The molecule has 1 unspecified atom stereocenters. The number of nitrogens with one attached hydrogen (secondary N) is 1. The molecule has 3 nitrogen and oxygen atoms in total. The average Bonchev–Trinajstić information content (AvgIpc) is 2.36. The number of halogens is 1. The van der Waals surface area contributed by atoms with Gasteiger partial charge in [-0.3, -0.25) is 0 Å². The van der Waals surface area contributed by atoms with Crippen LogP contribution in [0.2, 0.25) is 0 Å². The maximum atomic E-state index is 5.92. The van der Waals surface area contributed by atoms with Crippen molar-refractivity contribution < 1.29 is 4.74 Å². The molecule has 0 spiro atoms. The van der Waals surface area contributed by atoms with E-state index >= 15 is 0 Å². The summed E-state index contributed by atoms with van der Waals surface area (Å²) in [6, 6.07) is 6.55. The van der Waals surface area contributed by atoms with Gasteiger partial charge in [0, 0.05) is 16.1 Å². The molecule has 4 heteroatoms. The van der Waals surface area contributed by atoms with E-state index in [-0.39, 0.29) is 5.54 Å². The van der Waals surface area contributed by atoms with Crippen LogP contribution in [-0.4, -0.2) is 37.7 Å². The van der Waals surface area contributed by atoms with Gasteiger partial charge in [-0.15, -0.1) is 0 Å². The highest BCUT2D eigenvalue weighted by Gasteiger charge is 2.21. The van der Waals surface area contributed by atoms with E-state index in [4.69, 9.17) is 4.74 Å². The summed E-state index contributed by atoms with van der Waals surface area (Å²) in [5, 5.41) is 3.42. The Morgan fingerprint density at radius 1 is 1.35 bits per heavy atom. The Labute approximate surface area is 131 Å². The molecule has 0 amide bonds. The molecule has 1 rings (SSSR count). The highest BCUT2D eigenvalue weighted by molar-refractivity contribution is 9.10. The molecular weight excluding hydrogens is 316 g/mol. The first-order valence-electron chi connectivity index (χ1n) is 7.11. The smallest absolute Gasteiger partial charge is 0.120 e. The Bertz CT molecular complexity index is 432. The van der Waals surface area contributed by atoms with Crippen molar-refractivity contribution in [1.82, 2.24) is 10.2 Å². The van der Waals surface area contributed by atoms with Gasteiger partial charge in [0.25, 0.3) is 0 Å². The second-order valence-corrected chi connectivity index (χ2v) is 6.81. The molecule has 0 saturated heterocycles. The van der Waals surface area contributed by atoms with Gasteiger partial charge in [0.2, 0.25) is 0 Å². The number of ether oxygens (including phenoxy) is 1. The minimum Gasteiger partial charge on any atom is -0.492 e. The topological polar surface area (TPSA) is 24.5 Å². The molecule has 0 bridgehead atoms. The van der Waals surface area contributed by atoms with Crippen LogP contribution in [-0.2, 0) is 0 Å². The molecule has 1 aromatic carbocycles. The SMILES string of the molecule is CCNC(C)c1ccc(OCC(C)(C)N(C)C)cc1Br. The Morgan fingerprint density at radius 2 is 2.00 bits per heavy atom. The Kier molecular flexibility index (Phi) is 6.49. The summed E-state index contributed by atoms with van der Waals surface area (Å²) in [6.07, 6.45) is 0. The first-order chi connectivity index (χ1) is 9.27. The fraction of sp³-hybridized carbons (Fsp3) is 0.625. The van der Waals surface area contributed by atoms with Crippen LogP contribution >= 0.6 is 15.9 Å². The molecular formula is C16H27BrN2O. The van der Waals surface area contributed by atoms with Crippen molar-refractivity contribution in [3.63, 3.8) is 0 Å². The highest BCUT2D eigenvalue weighted by Crippen LogP contribution is 2.28. The average molecular weight is 343 g/mol. The third-order valence-corrected chi connectivity index (χ3v) is 4.44. The fourth-order valence-corrected chi connectivity index (χ4v) is 2.46. The molecule has 0 radical (unpaired) electrons. The predicted molar refractivity (Wildman–Crippen MR) is 89.5 cm³/mol. The molecule has 0 fully saturated rings. The maximum absolute atomic E-state index is 5.92. The lowest BCUT2D eigenvalue weighted by atomic mass is 10.1. The quantitative estimate of drug-likeness (QED) is 0.814. The number of hydrogen-bond acceptors (Lipinski definition) is 3. The molecule has 0 aliphatic heterocycles. The number of hydrogen-bond donors (Lipinski definition) is 1. The van der Waals surface area contributed by atoms with Gasteiger partial charge < -0.3 is 15.0 Å². The van der Waals surface area contributed by atoms with Gasteiger partial charge in [0.05, 0.1) is 0 Å². The summed E-state index contributed by atoms with van der Waals surface area (Å²) < 4.78 is 7.00. The van der Waals surface area contributed by atoms with Gasteiger partial charge in [-0.05, 0) is 59.1 Å². The third kappa shape index (κ3) is 4.76. The Hall–Kier alpha value is -0.580. The summed E-state index contributed by atoms with van der Waals surface area (Å²) in [5.74, 6) is 0.902. The maximum Gasteiger partial charge on any atom is 0.120 e. The summed E-state index contributed by atoms with van der Waals surface area (Å²) >= 11 is 3.64. The van der Waals surface area contributed by atoms with E-state index in [0.717, 1.165) is 16.8 Å². The molecule has 0 heterocycles. The minimum absolute atomic E-state index is 0.0161. The standard InChI is InChI=1S/C16H27BrN2O/c1-7-18-12(2)14-9-8-13(10-15(14)17)20-11-16(3,4)19(5)6/h8-10,12,18H,7,11H2,1-6H3. The van der Waals surface area contributed by atoms with Crippen LogP contribution in [0, 0.1) is 0 Å². The predicted octanol–water partition coefficient (Wildman–Crippen LogP) is 3.84. The van der Waals surface area contributed by atoms with Crippen molar-refractivity contribution in [2.75, 3.05) is 27.2 Å². The van der Waals surface area contributed by atoms with E-state index in [1.54, 1.807) is 0 Å². The van der Waals surface area contributed by atoms with E-state index in [1.165, 1.54) is 5.56 Å². The highest BCUT2D eigenvalue weighted by atomic mass is 79.9. The first kappa shape index (κ1) is 17.5. The summed E-state index contributed by atoms with van der Waals surface area (Å²) in [7, 11) is 4.14. The van der Waals surface area contributed by atoms with Crippen LogP contribution in [0.5, 0.6) is 5.75 Å². The van der Waals surface area contributed by atoms with Crippen molar-refractivity contribution in [2.45, 2.75) is 39.3 Å². The van der Waals surface area contributed by atoms with E-state index in [0.29, 0.717) is 12.6 Å². The Morgan fingerprint density at radius 3 is 2.50 bits per heavy atom. The lowest BCUT2D eigenvalue weighted by Crippen LogP contribution is -2.43. The number of nitrogens with zero attached hydrogens (tertiary/aromatic N) is 1. The van der Waals surface area contributed by atoms with Gasteiger partial charge in [0.15, 0.2) is 0 Å². The van der Waals surface area contributed by atoms with Crippen LogP contribution in [0.4, 0.5) is 0 Å². The van der Waals surface area contributed by atoms with Crippen molar-refractivity contribution in [3.8, 4) is 5.75 Å². The zero-order chi connectivity index (χ0) is 15.3. The van der Waals surface area contributed by atoms with Crippen molar-refractivity contribution in [1.29, 1.82) is 0 Å². The molecule has 20 heavy (non-hydrogen) atoms. The lowest BCUT2D eigenvalue weighted by molar-refractivity contribution is 0.114. The van der Waals surface area contributed by atoms with Crippen molar-refractivity contribution in [3.05, 3.63) is 28.2 Å². The van der Waals surface area contributed by atoms with Gasteiger partial charge in [-0.1, -0.05) is 28.9 Å². The molecule has 114 valence electrons. The van der Waals surface area contributed by atoms with E-state index in [1.807, 2.05) is 6.07 Å². The molecule has 1 N–H and O–H groups in total. The zero-order valence-electron chi connectivity index (χ0n) is 13.5. The van der Waals surface area contributed by atoms with Crippen LogP contribution in [0.15, 0.2) is 22.7 Å². The van der Waals surface area contributed by atoms with Gasteiger partial charge in [-0.2, -0.15) is 0 Å². The lowest BCUT2D eigenvalue weighted by Gasteiger charge is -2.32. The molecule has 0 aliphatic carbocycles. The first-order valence-corrected chi connectivity index (χ1v) is 7.90. The number of likely N-dealkylation sites (N-methyl/N-ethyl adjacent to an activating group) is 1. The fourth-order valence-electron chi connectivity index (χ4n) is 1.75. The minimum atomic E-state index is 0.0161. The number of rotatable bonds is 7. The summed E-state index contributed by atoms with van der Waals surface area (Å²) in [6.45, 7) is 10.2. The van der Waals surface area contributed by atoms with Crippen LogP contribution in [0.1, 0.15) is 39.3 Å². The van der Waals surface area contributed by atoms with Gasteiger partial charge in [-0.25, -0.2) is 0 Å². The van der Waals surface area contributed by atoms with Crippen LogP contribution in [0.3, 0.4) is 0 Å². The molecule has 1 atom stereocenters. The molecule has 0 aliphatic rings. The summed E-state index contributed by atoms with van der Waals surface area (Å²) in [5.41, 5.74) is 1.27. The molecule has 0 saturated carbocycles. The molecule has 0 aromatic heterocycles. The Balaban J connectivity index is 2.73. The second kappa shape index (κ2) is 7.43. The number of benzene rings is 1. The summed E-state index contributed by atoms with van der Waals surface area (Å²) in [4.78, 5) is 2.17. The van der Waals surface area contributed by atoms with Crippen molar-refractivity contribution >= 4 is 15.9 Å². The molecule has 1 aromatic rings. The van der Waals surface area contributed by atoms with Crippen LogP contribution in [0.25, 0.3) is 0 Å². The zero-order valence-corrected chi connectivity index (χ0v) is 15.0. The van der Waals surface area contributed by atoms with E-state index in [2.05, 4.69) is 80.1 Å². The third-order valence-electron chi connectivity index (χ3n) is 3.75. The van der Waals surface area contributed by atoms with Gasteiger partial charge >= 0.3 is 0 Å². The van der Waals surface area contributed by atoms with Crippen molar-refractivity contribution in [2.24, 2.45) is 0 Å². The normalized spacial score (nSPS) is 13.6. The van der Waals surface area contributed by atoms with Crippen LogP contribution < -0.4 is 10.1 Å².